The van der Waals surface area contributed by atoms with Crippen molar-refractivity contribution in [2.24, 2.45) is 0 Å². The standard InChI is InChI=1S/C35H37Cl2N3O4S/c1-4-26(3)38-35(42)33(22-27-9-6-5-7-10-27)39(23-28-11-8-12-30(37)21-28)34(41)24-40(31-17-15-29(36)16-18-31)45(43,44)32-19-13-25(2)14-20-32/h5-21,26,33H,4,22-24H2,1-3H3,(H,38,42). The third kappa shape index (κ3) is 9.10. The highest BCUT2D eigenvalue weighted by molar-refractivity contribution is 7.92. The van der Waals surface area contributed by atoms with Crippen LogP contribution in [0.1, 0.15) is 37.0 Å². The molecule has 4 aromatic carbocycles. The van der Waals surface area contributed by atoms with Gasteiger partial charge in [0.05, 0.1) is 10.6 Å². The SMILES string of the molecule is CCC(C)NC(=O)C(Cc1ccccc1)N(Cc1cccc(Cl)c1)C(=O)CN(c1ccc(Cl)cc1)S(=O)(=O)c1ccc(C)cc1. The van der Waals surface area contributed by atoms with Crippen LogP contribution in [-0.2, 0) is 32.6 Å². The highest BCUT2D eigenvalue weighted by Crippen LogP contribution is 2.27. The topological polar surface area (TPSA) is 86.8 Å². The summed E-state index contributed by atoms with van der Waals surface area (Å²) < 4.78 is 29.3. The van der Waals surface area contributed by atoms with Gasteiger partial charge in [-0.25, -0.2) is 8.42 Å². The number of rotatable bonds is 13. The fraction of sp³-hybridized carbons (Fsp3) is 0.257. The van der Waals surface area contributed by atoms with Gasteiger partial charge in [0.25, 0.3) is 10.0 Å². The Balaban J connectivity index is 1.80. The number of aryl methyl sites for hydroxylation is 1. The van der Waals surface area contributed by atoms with E-state index < -0.39 is 28.5 Å². The first-order valence-corrected chi connectivity index (χ1v) is 16.9. The van der Waals surface area contributed by atoms with Gasteiger partial charge < -0.3 is 10.2 Å². The van der Waals surface area contributed by atoms with Gasteiger partial charge in [-0.2, -0.15) is 0 Å². The molecule has 0 bridgehead atoms. The molecule has 7 nitrogen and oxygen atoms in total. The third-order valence-electron chi connectivity index (χ3n) is 7.52. The van der Waals surface area contributed by atoms with Gasteiger partial charge in [0.15, 0.2) is 0 Å². The van der Waals surface area contributed by atoms with E-state index in [4.69, 9.17) is 23.2 Å². The lowest BCUT2D eigenvalue weighted by molar-refractivity contribution is -0.140. The molecule has 4 rings (SSSR count). The Morgan fingerprint density at radius 1 is 0.822 bits per heavy atom. The molecule has 2 unspecified atom stereocenters. The van der Waals surface area contributed by atoms with E-state index in [0.717, 1.165) is 15.4 Å². The number of carbonyl (C=O) groups excluding carboxylic acids is 2. The predicted octanol–water partition coefficient (Wildman–Crippen LogP) is 7.05. The van der Waals surface area contributed by atoms with E-state index in [2.05, 4.69) is 5.32 Å². The average molecular weight is 667 g/mol. The van der Waals surface area contributed by atoms with E-state index in [-0.39, 0.29) is 35.5 Å². The van der Waals surface area contributed by atoms with Gasteiger partial charge in [-0.15, -0.1) is 0 Å². The van der Waals surface area contributed by atoms with Crippen LogP contribution in [0.4, 0.5) is 5.69 Å². The lowest BCUT2D eigenvalue weighted by Gasteiger charge is -2.34. The van der Waals surface area contributed by atoms with E-state index in [9.17, 15) is 18.0 Å². The summed E-state index contributed by atoms with van der Waals surface area (Å²) in [5, 5.41) is 3.93. The minimum atomic E-state index is -4.20. The molecule has 0 heterocycles. The molecular weight excluding hydrogens is 629 g/mol. The highest BCUT2D eigenvalue weighted by Gasteiger charge is 2.35. The number of nitrogens with zero attached hydrogens (tertiary/aromatic N) is 2. The van der Waals surface area contributed by atoms with Gasteiger partial charge in [-0.1, -0.05) is 90.3 Å². The molecule has 45 heavy (non-hydrogen) atoms. The first-order valence-electron chi connectivity index (χ1n) is 14.7. The molecule has 236 valence electrons. The third-order valence-corrected chi connectivity index (χ3v) is 9.79. The molecule has 0 radical (unpaired) electrons. The van der Waals surface area contributed by atoms with Crippen LogP contribution in [0.2, 0.25) is 10.0 Å². The number of carbonyl (C=O) groups is 2. The van der Waals surface area contributed by atoms with Crippen LogP contribution in [0.25, 0.3) is 0 Å². The zero-order chi connectivity index (χ0) is 32.6. The molecule has 0 saturated carbocycles. The first kappa shape index (κ1) is 34.0. The fourth-order valence-corrected chi connectivity index (χ4v) is 6.55. The quantitative estimate of drug-likeness (QED) is 0.166. The van der Waals surface area contributed by atoms with E-state index in [1.54, 1.807) is 54.6 Å². The highest BCUT2D eigenvalue weighted by atomic mass is 35.5. The van der Waals surface area contributed by atoms with Crippen molar-refractivity contribution in [2.45, 2.75) is 57.1 Å². The van der Waals surface area contributed by atoms with Crippen molar-refractivity contribution in [3.05, 3.63) is 130 Å². The first-order chi connectivity index (χ1) is 21.5. The second kappa shape index (κ2) is 15.4. The Hall–Kier alpha value is -3.85. The molecule has 0 aromatic heterocycles. The summed E-state index contributed by atoms with van der Waals surface area (Å²) in [6.45, 7) is 5.20. The van der Waals surface area contributed by atoms with Crippen LogP contribution in [-0.4, -0.2) is 43.8 Å². The van der Waals surface area contributed by atoms with Crippen LogP contribution in [0.5, 0.6) is 0 Å². The van der Waals surface area contributed by atoms with Crippen LogP contribution in [0.3, 0.4) is 0 Å². The number of hydrogen-bond donors (Lipinski definition) is 1. The lowest BCUT2D eigenvalue weighted by atomic mass is 10.0. The van der Waals surface area contributed by atoms with Gasteiger partial charge in [-0.3, -0.25) is 13.9 Å². The Kier molecular flexibility index (Phi) is 11.7. The second-order valence-corrected chi connectivity index (χ2v) is 13.7. The summed E-state index contributed by atoms with van der Waals surface area (Å²) >= 11 is 12.4. The monoisotopic (exact) mass is 665 g/mol. The number of halogens is 2. The summed E-state index contributed by atoms with van der Waals surface area (Å²) in [4.78, 5) is 29.9. The molecule has 4 aromatic rings. The van der Waals surface area contributed by atoms with E-state index in [1.165, 1.54) is 17.0 Å². The predicted molar refractivity (Wildman–Crippen MR) is 181 cm³/mol. The largest absolute Gasteiger partial charge is 0.352 e. The molecule has 0 fully saturated rings. The number of hydrogen-bond acceptors (Lipinski definition) is 4. The molecule has 10 heteroatoms. The van der Waals surface area contributed by atoms with Crippen LogP contribution >= 0.6 is 23.2 Å². The molecular formula is C35H37Cl2N3O4S. The fourth-order valence-electron chi connectivity index (χ4n) is 4.80. The van der Waals surface area contributed by atoms with E-state index >= 15 is 0 Å². The van der Waals surface area contributed by atoms with Crippen molar-refractivity contribution in [2.75, 3.05) is 10.8 Å². The zero-order valence-electron chi connectivity index (χ0n) is 25.5. The molecule has 2 amide bonds. The summed E-state index contributed by atoms with van der Waals surface area (Å²) in [7, 11) is -4.20. The lowest BCUT2D eigenvalue weighted by Crippen LogP contribution is -2.54. The number of sulfonamides is 1. The molecule has 0 aliphatic carbocycles. The second-order valence-electron chi connectivity index (χ2n) is 11.0. The van der Waals surface area contributed by atoms with Crippen molar-refractivity contribution < 1.29 is 18.0 Å². The molecule has 1 N–H and O–H groups in total. The van der Waals surface area contributed by atoms with Gasteiger partial charge in [-0.05, 0) is 79.9 Å². The van der Waals surface area contributed by atoms with Gasteiger partial charge in [0, 0.05) is 29.1 Å². The van der Waals surface area contributed by atoms with E-state index in [1.807, 2.05) is 57.2 Å². The number of benzene rings is 4. The van der Waals surface area contributed by atoms with Crippen LogP contribution in [0.15, 0.2) is 108 Å². The molecule has 0 saturated heterocycles. The van der Waals surface area contributed by atoms with Crippen molar-refractivity contribution in [3.8, 4) is 0 Å². The molecule has 0 spiro atoms. The van der Waals surface area contributed by atoms with E-state index in [0.29, 0.717) is 22.0 Å². The minimum absolute atomic E-state index is 0.0316. The number of nitrogens with one attached hydrogen (secondary N) is 1. The maximum atomic E-state index is 14.5. The zero-order valence-corrected chi connectivity index (χ0v) is 27.8. The van der Waals surface area contributed by atoms with Crippen molar-refractivity contribution in [1.82, 2.24) is 10.2 Å². The molecule has 0 aliphatic heterocycles. The summed E-state index contributed by atoms with van der Waals surface area (Å²) in [6.07, 6.45) is 0.923. The maximum absolute atomic E-state index is 14.5. The number of anilines is 1. The van der Waals surface area contributed by atoms with Crippen LogP contribution in [0, 0.1) is 6.92 Å². The maximum Gasteiger partial charge on any atom is 0.264 e. The molecule has 2 atom stereocenters. The Labute approximate surface area is 275 Å². The Morgan fingerprint density at radius 2 is 1.47 bits per heavy atom. The summed E-state index contributed by atoms with van der Waals surface area (Å²) in [5.41, 5.74) is 2.71. The summed E-state index contributed by atoms with van der Waals surface area (Å²) in [6, 6.07) is 28.1. The minimum Gasteiger partial charge on any atom is -0.352 e. The van der Waals surface area contributed by atoms with Crippen molar-refractivity contribution >= 4 is 50.7 Å². The summed E-state index contributed by atoms with van der Waals surface area (Å²) in [5.74, 6) is -0.885. The van der Waals surface area contributed by atoms with Gasteiger partial charge in [0.1, 0.15) is 12.6 Å². The number of amides is 2. The Bertz CT molecular complexity index is 1700. The Morgan fingerprint density at radius 3 is 2.09 bits per heavy atom. The van der Waals surface area contributed by atoms with Gasteiger partial charge >= 0.3 is 0 Å². The molecule has 0 aliphatic rings. The smallest absolute Gasteiger partial charge is 0.264 e. The average Bonchev–Trinajstić information content (AvgIpc) is 3.02. The normalized spacial score (nSPS) is 12.6. The van der Waals surface area contributed by atoms with Crippen molar-refractivity contribution in [1.29, 1.82) is 0 Å². The van der Waals surface area contributed by atoms with Crippen molar-refractivity contribution in [3.63, 3.8) is 0 Å². The van der Waals surface area contributed by atoms with Gasteiger partial charge in [0.2, 0.25) is 11.8 Å². The van der Waals surface area contributed by atoms with Crippen LogP contribution < -0.4 is 9.62 Å².